The number of nitrogens with zero attached hydrogens (tertiary/aromatic N) is 1. The number of allylic oxidation sites excluding steroid dienone is 1. The first-order chi connectivity index (χ1) is 15.4. The van der Waals surface area contributed by atoms with Crippen molar-refractivity contribution in [1.29, 1.82) is 0 Å². The Morgan fingerprint density at radius 1 is 1.25 bits per heavy atom. The molecule has 1 aliphatic carbocycles. The van der Waals surface area contributed by atoms with Gasteiger partial charge < -0.3 is 15.4 Å². The van der Waals surface area contributed by atoms with Crippen molar-refractivity contribution in [1.82, 2.24) is 10.2 Å². The van der Waals surface area contributed by atoms with Crippen molar-refractivity contribution in [2.45, 2.75) is 71.3 Å². The van der Waals surface area contributed by atoms with Gasteiger partial charge in [0.1, 0.15) is 0 Å². The number of rotatable bonds is 9. The van der Waals surface area contributed by atoms with Crippen molar-refractivity contribution in [2.75, 3.05) is 19.0 Å². The molecule has 1 heterocycles. The molecule has 1 fully saturated rings. The van der Waals surface area contributed by atoms with Gasteiger partial charge in [0.2, 0.25) is 5.91 Å². The molecular formula is C25H35N3O4. The number of ether oxygens (including phenoxy) is 1. The summed E-state index contributed by atoms with van der Waals surface area (Å²) in [5, 5.41) is 5.91. The Labute approximate surface area is 190 Å². The van der Waals surface area contributed by atoms with E-state index in [2.05, 4.69) is 17.6 Å². The van der Waals surface area contributed by atoms with Gasteiger partial charge in [-0.2, -0.15) is 0 Å². The molecule has 2 aliphatic rings. The van der Waals surface area contributed by atoms with Gasteiger partial charge in [0.05, 0.1) is 18.7 Å². The topological polar surface area (TPSA) is 87.7 Å². The second-order valence-electron chi connectivity index (χ2n) is 8.74. The van der Waals surface area contributed by atoms with Crippen LogP contribution in [0.5, 0.6) is 0 Å². The Bertz CT molecular complexity index is 874. The van der Waals surface area contributed by atoms with E-state index in [1.54, 1.807) is 11.8 Å². The van der Waals surface area contributed by atoms with Crippen LogP contribution >= 0.6 is 0 Å². The fraction of sp³-hybridized carbons (Fsp3) is 0.560. The largest absolute Gasteiger partial charge is 0.466 e. The normalized spacial score (nSPS) is 19.2. The van der Waals surface area contributed by atoms with Crippen molar-refractivity contribution in [3.63, 3.8) is 0 Å². The summed E-state index contributed by atoms with van der Waals surface area (Å²) in [6, 6.07) is 6.43. The molecule has 2 N–H and O–H groups in total. The van der Waals surface area contributed by atoms with Crippen LogP contribution in [0.1, 0.15) is 76.8 Å². The SMILES string of the molecule is CCCCN1C(=O)N[C@H](c2cccc(NC(=O)CCC3CCCC3)c2)C(C(=O)OC)=C1C. The van der Waals surface area contributed by atoms with E-state index >= 15 is 0 Å². The number of amides is 3. The molecule has 7 heteroatoms. The zero-order valence-electron chi connectivity index (χ0n) is 19.4. The Kier molecular flexibility index (Phi) is 8.31. The van der Waals surface area contributed by atoms with Gasteiger partial charge in [-0.25, -0.2) is 9.59 Å². The number of hydrogen-bond acceptors (Lipinski definition) is 4. The maximum absolute atomic E-state index is 12.8. The van der Waals surface area contributed by atoms with Crippen LogP contribution in [0, 0.1) is 5.92 Å². The number of esters is 1. The highest BCUT2D eigenvalue weighted by molar-refractivity contribution is 5.95. The van der Waals surface area contributed by atoms with Crippen molar-refractivity contribution in [3.8, 4) is 0 Å². The number of carbonyl (C=O) groups is 3. The summed E-state index contributed by atoms with van der Waals surface area (Å²) >= 11 is 0. The molecule has 1 saturated carbocycles. The number of carbonyl (C=O) groups excluding carboxylic acids is 3. The van der Waals surface area contributed by atoms with E-state index in [0.29, 0.717) is 35.8 Å². The second-order valence-corrected chi connectivity index (χ2v) is 8.74. The lowest BCUT2D eigenvalue weighted by Gasteiger charge is -2.35. The molecule has 0 spiro atoms. The lowest BCUT2D eigenvalue weighted by atomic mass is 9.94. The Morgan fingerprint density at radius 3 is 2.69 bits per heavy atom. The van der Waals surface area contributed by atoms with Gasteiger partial charge in [0, 0.05) is 24.4 Å². The van der Waals surface area contributed by atoms with Crippen LogP contribution in [0.4, 0.5) is 10.5 Å². The molecule has 0 bridgehead atoms. The number of nitrogens with one attached hydrogen (secondary N) is 2. The molecule has 3 amide bonds. The second kappa shape index (κ2) is 11.2. The van der Waals surface area contributed by atoms with Gasteiger partial charge in [-0.05, 0) is 43.4 Å². The zero-order valence-corrected chi connectivity index (χ0v) is 19.4. The third-order valence-electron chi connectivity index (χ3n) is 6.49. The summed E-state index contributed by atoms with van der Waals surface area (Å²) in [6.07, 6.45) is 8.20. The third kappa shape index (κ3) is 5.69. The summed E-state index contributed by atoms with van der Waals surface area (Å²) in [6.45, 7) is 4.37. The van der Waals surface area contributed by atoms with Gasteiger partial charge in [-0.1, -0.05) is 51.2 Å². The smallest absolute Gasteiger partial charge is 0.337 e. The number of urea groups is 1. The summed E-state index contributed by atoms with van der Waals surface area (Å²) in [5.74, 6) is 0.184. The first-order valence-electron chi connectivity index (χ1n) is 11.7. The molecule has 32 heavy (non-hydrogen) atoms. The van der Waals surface area contributed by atoms with E-state index in [4.69, 9.17) is 4.74 Å². The Morgan fingerprint density at radius 2 is 2.00 bits per heavy atom. The van der Waals surface area contributed by atoms with Crippen LogP contribution in [0.2, 0.25) is 0 Å². The average Bonchev–Trinajstić information content (AvgIpc) is 3.31. The minimum absolute atomic E-state index is 0.00705. The van der Waals surface area contributed by atoms with Gasteiger partial charge >= 0.3 is 12.0 Å². The molecule has 1 aromatic carbocycles. The number of anilines is 1. The lowest BCUT2D eigenvalue weighted by molar-refractivity contribution is -0.136. The molecule has 0 unspecified atom stereocenters. The van der Waals surface area contributed by atoms with E-state index < -0.39 is 12.0 Å². The Hall–Kier alpha value is -2.83. The van der Waals surface area contributed by atoms with E-state index in [0.717, 1.165) is 24.8 Å². The van der Waals surface area contributed by atoms with Crippen LogP contribution in [0.3, 0.4) is 0 Å². The maximum atomic E-state index is 12.8. The van der Waals surface area contributed by atoms with Crippen LogP contribution in [0.15, 0.2) is 35.5 Å². The molecule has 3 rings (SSSR count). The van der Waals surface area contributed by atoms with Crippen molar-refractivity contribution in [3.05, 3.63) is 41.1 Å². The number of benzene rings is 1. The average molecular weight is 442 g/mol. The molecular weight excluding hydrogens is 406 g/mol. The van der Waals surface area contributed by atoms with Gasteiger partial charge in [0.15, 0.2) is 0 Å². The van der Waals surface area contributed by atoms with Crippen LogP contribution < -0.4 is 10.6 Å². The predicted molar refractivity (Wildman–Crippen MR) is 124 cm³/mol. The summed E-state index contributed by atoms with van der Waals surface area (Å²) in [5.41, 5.74) is 2.39. The molecule has 0 saturated heterocycles. The molecule has 0 radical (unpaired) electrons. The minimum Gasteiger partial charge on any atom is -0.466 e. The Balaban J connectivity index is 1.78. The first-order valence-corrected chi connectivity index (χ1v) is 11.7. The van der Waals surface area contributed by atoms with E-state index in [9.17, 15) is 14.4 Å². The van der Waals surface area contributed by atoms with Gasteiger partial charge in [0.25, 0.3) is 0 Å². The quantitative estimate of drug-likeness (QED) is 0.533. The standard InChI is InChI=1S/C25H35N3O4/c1-4-5-15-28-17(2)22(24(30)32-3)23(27-25(28)31)19-11-8-12-20(16-19)26-21(29)14-13-18-9-6-7-10-18/h8,11-12,16,18,23H,4-7,9-10,13-15H2,1-3H3,(H,26,29)(H,27,31)/t23-/m1/s1. The fourth-order valence-electron chi connectivity index (χ4n) is 4.64. The van der Waals surface area contributed by atoms with Gasteiger partial charge in [-0.3, -0.25) is 9.69 Å². The number of methoxy groups -OCH3 is 1. The monoisotopic (exact) mass is 441 g/mol. The highest BCUT2D eigenvalue weighted by atomic mass is 16.5. The van der Waals surface area contributed by atoms with E-state index in [1.165, 1.54) is 32.8 Å². The van der Waals surface area contributed by atoms with E-state index in [1.807, 2.05) is 24.3 Å². The van der Waals surface area contributed by atoms with Crippen LogP contribution in [0.25, 0.3) is 0 Å². The van der Waals surface area contributed by atoms with E-state index in [-0.39, 0.29) is 11.9 Å². The highest BCUT2D eigenvalue weighted by Crippen LogP contribution is 2.33. The first kappa shape index (κ1) is 23.8. The van der Waals surface area contributed by atoms with Crippen LogP contribution in [-0.2, 0) is 14.3 Å². The molecule has 1 atom stereocenters. The summed E-state index contributed by atoms with van der Waals surface area (Å²) in [7, 11) is 1.34. The van der Waals surface area contributed by atoms with Gasteiger partial charge in [-0.15, -0.1) is 0 Å². The van der Waals surface area contributed by atoms with Crippen molar-refractivity contribution < 1.29 is 19.1 Å². The third-order valence-corrected chi connectivity index (χ3v) is 6.49. The molecule has 1 aliphatic heterocycles. The summed E-state index contributed by atoms with van der Waals surface area (Å²) < 4.78 is 5.03. The van der Waals surface area contributed by atoms with Crippen molar-refractivity contribution >= 4 is 23.6 Å². The van der Waals surface area contributed by atoms with Crippen molar-refractivity contribution in [2.24, 2.45) is 5.92 Å². The summed E-state index contributed by atoms with van der Waals surface area (Å²) in [4.78, 5) is 39.5. The number of unbranched alkanes of at least 4 members (excludes halogenated alkanes) is 1. The van der Waals surface area contributed by atoms with Crippen LogP contribution in [-0.4, -0.2) is 36.5 Å². The lowest BCUT2D eigenvalue weighted by Crippen LogP contribution is -2.48. The molecule has 7 nitrogen and oxygen atoms in total. The zero-order chi connectivity index (χ0) is 23.1. The highest BCUT2D eigenvalue weighted by Gasteiger charge is 2.36. The number of hydrogen-bond donors (Lipinski definition) is 2. The molecule has 0 aromatic heterocycles. The predicted octanol–water partition coefficient (Wildman–Crippen LogP) is 4.91. The fourth-order valence-corrected chi connectivity index (χ4v) is 4.64. The minimum atomic E-state index is -0.636. The molecule has 174 valence electrons. The maximum Gasteiger partial charge on any atom is 0.337 e. The molecule has 1 aromatic rings.